The molecule has 0 aliphatic heterocycles. The zero-order valence-electron chi connectivity index (χ0n) is 18.5. The van der Waals surface area contributed by atoms with Crippen molar-refractivity contribution in [3.05, 3.63) is 35.9 Å². The molecule has 7 nitrogen and oxygen atoms in total. The molecule has 0 spiro atoms. The molecule has 7 heteroatoms. The number of hydrogen-bond acceptors (Lipinski definition) is 6. The molecule has 0 saturated heterocycles. The Labute approximate surface area is 173 Å². The summed E-state index contributed by atoms with van der Waals surface area (Å²) in [6.07, 6.45) is -2.38. The third kappa shape index (κ3) is 9.28. The molecule has 1 N–H and O–H groups in total. The Kier molecular flexibility index (Phi) is 9.59. The van der Waals surface area contributed by atoms with Crippen molar-refractivity contribution in [3.8, 4) is 0 Å². The third-order valence-corrected chi connectivity index (χ3v) is 4.08. The van der Waals surface area contributed by atoms with Crippen molar-refractivity contribution < 1.29 is 28.9 Å². The van der Waals surface area contributed by atoms with Gasteiger partial charge in [0.2, 0.25) is 0 Å². The molecule has 3 atom stereocenters. The summed E-state index contributed by atoms with van der Waals surface area (Å²) in [5.74, 6) is -0.464. The highest BCUT2D eigenvalue weighted by molar-refractivity contribution is 5.81. The SMILES string of the molecule is CC(C)C[C@@H](C(=O)OC(C)[C@H](O)OCc1ccccc1)N(C)C(=O)OC(C)(C)C. The Hall–Kier alpha value is -2.12. The van der Waals surface area contributed by atoms with Gasteiger partial charge in [0.1, 0.15) is 17.7 Å². The topological polar surface area (TPSA) is 85.3 Å². The van der Waals surface area contributed by atoms with Gasteiger partial charge in [0.15, 0.2) is 6.29 Å². The van der Waals surface area contributed by atoms with Crippen LogP contribution in [0, 0.1) is 5.92 Å². The van der Waals surface area contributed by atoms with Gasteiger partial charge in [-0.3, -0.25) is 4.90 Å². The number of aliphatic hydroxyl groups excluding tert-OH is 1. The first kappa shape index (κ1) is 24.9. The van der Waals surface area contributed by atoms with Crippen molar-refractivity contribution in [1.29, 1.82) is 0 Å². The Morgan fingerprint density at radius 3 is 2.21 bits per heavy atom. The number of amides is 1. The Morgan fingerprint density at radius 2 is 1.69 bits per heavy atom. The van der Waals surface area contributed by atoms with Crippen molar-refractivity contribution in [1.82, 2.24) is 4.90 Å². The van der Waals surface area contributed by atoms with E-state index in [1.54, 1.807) is 27.7 Å². The second-order valence-corrected chi connectivity index (χ2v) is 8.57. The Morgan fingerprint density at radius 1 is 1.10 bits per heavy atom. The predicted octanol–water partition coefficient (Wildman–Crippen LogP) is 3.73. The fourth-order valence-electron chi connectivity index (χ4n) is 2.53. The first-order valence-corrected chi connectivity index (χ1v) is 9.90. The maximum atomic E-state index is 12.7. The van der Waals surface area contributed by atoms with Gasteiger partial charge in [-0.15, -0.1) is 0 Å². The smallest absolute Gasteiger partial charge is 0.410 e. The average Bonchev–Trinajstić information content (AvgIpc) is 2.62. The molecule has 0 heterocycles. The van der Waals surface area contributed by atoms with Crippen LogP contribution in [0.4, 0.5) is 4.79 Å². The zero-order valence-corrected chi connectivity index (χ0v) is 18.5. The van der Waals surface area contributed by atoms with Crippen molar-refractivity contribution in [2.75, 3.05) is 7.05 Å². The number of likely N-dealkylation sites (N-methyl/N-ethyl adjacent to an activating group) is 1. The zero-order chi connectivity index (χ0) is 22.2. The highest BCUT2D eigenvalue weighted by Gasteiger charge is 2.33. The van der Waals surface area contributed by atoms with Gasteiger partial charge < -0.3 is 19.3 Å². The quantitative estimate of drug-likeness (QED) is 0.494. The van der Waals surface area contributed by atoms with E-state index in [0.29, 0.717) is 6.42 Å². The summed E-state index contributed by atoms with van der Waals surface area (Å²) >= 11 is 0. The molecule has 164 valence electrons. The number of benzene rings is 1. The Balaban J connectivity index is 2.71. The maximum absolute atomic E-state index is 12.7. The predicted molar refractivity (Wildman–Crippen MR) is 110 cm³/mol. The van der Waals surface area contributed by atoms with Crippen molar-refractivity contribution in [2.24, 2.45) is 5.92 Å². The molecule has 1 unspecified atom stereocenters. The van der Waals surface area contributed by atoms with Crippen LogP contribution in [0.25, 0.3) is 0 Å². The number of carbonyl (C=O) groups is 2. The lowest BCUT2D eigenvalue weighted by molar-refractivity contribution is -0.193. The van der Waals surface area contributed by atoms with E-state index >= 15 is 0 Å². The van der Waals surface area contributed by atoms with Crippen molar-refractivity contribution in [2.45, 2.75) is 78.6 Å². The summed E-state index contributed by atoms with van der Waals surface area (Å²) in [7, 11) is 1.51. The Bertz CT molecular complexity index is 640. The summed E-state index contributed by atoms with van der Waals surface area (Å²) in [6, 6.07) is 8.55. The molecule has 1 rings (SSSR count). The van der Waals surface area contributed by atoms with Gasteiger partial charge in [-0.25, -0.2) is 9.59 Å². The summed E-state index contributed by atoms with van der Waals surface area (Å²) in [4.78, 5) is 26.4. The highest BCUT2D eigenvalue weighted by Crippen LogP contribution is 2.18. The molecule has 0 aliphatic carbocycles. The van der Waals surface area contributed by atoms with E-state index in [0.717, 1.165) is 5.56 Å². The number of hydrogen-bond donors (Lipinski definition) is 1. The van der Waals surface area contributed by atoms with E-state index < -0.39 is 36.1 Å². The molecule has 0 fully saturated rings. The maximum Gasteiger partial charge on any atom is 0.410 e. The van der Waals surface area contributed by atoms with E-state index in [1.165, 1.54) is 11.9 Å². The normalized spacial score (nSPS) is 14.8. The summed E-state index contributed by atoms with van der Waals surface area (Å²) in [5, 5.41) is 10.2. The molecule has 1 aromatic rings. The van der Waals surface area contributed by atoms with E-state index in [2.05, 4.69) is 0 Å². The standard InChI is InChI=1S/C22H35NO6/c1-15(2)13-18(23(7)21(26)29-22(4,5)6)20(25)28-16(3)19(24)27-14-17-11-9-8-10-12-17/h8-12,15-16,18-19,24H,13-14H2,1-7H3/t16?,18-,19+/m0/s1. The minimum absolute atomic E-state index is 0.145. The minimum Gasteiger partial charge on any atom is -0.456 e. The van der Waals surface area contributed by atoms with Crippen LogP contribution in [0.2, 0.25) is 0 Å². The summed E-state index contributed by atoms with van der Waals surface area (Å²) in [6.45, 7) is 10.9. The third-order valence-electron chi connectivity index (χ3n) is 4.08. The van der Waals surface area contributed by atoms with Gasteiger partial charge in [0.25, 0.3) is 0 Å². The van der Waals surface area contributed by atoms with Gasteiger partial charge in [-0.05, 0) is 45.6 Å². The largest absolute Gasteiger partial charge is 0.456 e. The van der Waals surface area contributed by atoms with Crippen LogP contribution in [0.5, 0.6) is 0 Å². The summed E-state index contributed by atoms with van der Waals surface area (Å²) in [5.41, 5.74) is 0.222. The molecular weight excluding hydrogens is 374 g/mol. The van der Waals surface area contributed by atoms with Crippen LogP contribution in [-0.2, 0) is 25.6 Å². The lowest BCUT2D eigenvalue weighted by Gasteiger charge is -2.31. The number of ether oxygens (including phenoxy) is 3. The van der Waals surface area contributed by atoms with Crippen LogP contribution in [0.1, 0.15) is 53.5 Å². The van der Waals surface area contributed by atoms with Gasteiger partial charge in [-0.2, -0.15) is 0 Å². The second-order valence-electron chi connectivity index (χ2n) is 8.57. The number of nitrogens with zero attached hydrogens (tertiary/aromatic N) is 1. The minimum atomic E-state index is -1.29. The molecule has 0 aromatic heterocycles. The van der Waals surface area contributed by atoms with Crippen LogP contribution >= 0.6 is 0 Å². The van der Waals surface area contributed by atoms with Crippen LogP contribution < -0.4 is 0 Å². The van der Waals surface area contributed by atoms with Gasteiger partial charge >= 0.3 is 12.1 Å². The molecule has 0 bridgehead atoms. The van der Waals surface area contributed by atoms with E-state index in [-0.39, 0.29) is 12.5 Å². The fraction of sp³-hybridized carbons (Fsp3) is 0.636. The first-order chi connectivity index (χ1) is 13.4. The number of esters is 1. The lowest BCUT2D eigenvalue weighted by atomic mass is 10.0. The first-order valence-electron chi connectivity index (χ1n) is 9.90. The molecule has 0 radical (unpaired) electrons. The lowest BCUT2D eigenvalue weighted by Crippen LogP contribution is -2.47. The molecule has 1 amide bonds. The van der Waals surface area contributed by atoms with E-state index in [4.69, 9.17) is 14.2 Å². The fourth-order valence-corrected chi connectivity index (χ4v) is 2.53. The van der Waals surface area contributed by atoms with E-state index in [9.17, 15) is 14.7 Å². The molecule has 0 saturated carbocycles. The van der Waals surface area contributed by atoms with Gasteiger partial charge in [0, 0.05) is 7.05 Å². The summed E-state index contributed by atoms with van der Waals surface area (Å²) < 4.78 is 16.2. The number of carbonyl (C=O) groups excluding carboxylic acids is 2. The molecule has 29 heavy (non-hydrogen) atoms. The monoisotopic (exact) mass is 409 g/mol. The van der Waals surface area contributed by atoms with Crippen molar-refractivity contribution in [3.63, 3.8) is 0 Å². The van der Waals surface area contributed by atoms with Crippen LogP contribution in [0.3, 0.4) is 0 Å². The number of rotatable bonds is 9. The highest BCUT2D eigenvalue weighted by atomic mass is 16.6. The van der Waals surface area contributed by atoms with Crippen LogP contribution in [0.15, 0.2) is 30.3 Å². The molecule has 1 aromatic carbocycles. The van der Waals surface area contributed by atoms with Crippen molar-refractivity contribution >= 4 is 12.1 Å². The van der Waals surface area contributed by atoms with Gasteiger partial charge in [-0.1, -0.05) is 44.2 Å². The molecule has 0 aliphatic rings. The van der Waals surface area contributed by atoms with Gasteiger partial charge in [0.05, 0.1) is 6.61 Å². The molecular formula is C22H35NO6. The van der Waals surface area contributed by atoms with E-state index in [1.807, 2.05) is 44.2 Å². The van der Waals surface area contributed by atoms with Crippen LogP contribution in [-0.4, -0.2) is 53.2 Å². The second kappa shape index (κ2) is 11.2. The number of aliphatic hydroxyl groups is 1. The average molecular weight is 410 g/mol.